The highest BCUT2D eigenvalue weighted by Gasteiger charge is 2.33. The van der Waals surface area contributed by atoms with Crippen molar-refractivity contribution in [3.05, 3.63) is 35.9 Å². The Morgan fingerprint density at radius 1 is 1.32 bits per heavy atom. The van der Waals surface area contributed by atoms with E-state index in [4.69, 9.17) is 5.11 Å². The molecular weight excluding hydrogens is 252 g/mol. The Morgan fingerprint density at radius 2 is 1.89 bits per heavy atom. The first-order chi connectivity index (χ1) is 8.83. The van der Waals surface area contributed by atoms with Crippen LogP contribution in [-0.4, -0.2) is 23.7 Å². The second kappa shape index (κ2) is 6.61. The van der Waals surface area contributed by atoms with Crippen LogP contribution in [0.1, 0.15) is 25.8 Å². The van der Waals surface area contributed by atoms with Crippen LogP contribution in [-0.2, 0) is 10.7 Å². The van der Waals surface area contributed by atoms with Gasteiger partial charge in [-0.15, -0.1) is 0 Å². The Bertz CT molecular complexity index is 407. The lowest BCUT2D eigenvalue weighted by Crippen LogP contribution is -2.43. The molecule has 0 saturated heterocycles. The van der Waals surface area contributed by atoms with Gasteiger partial charge in [0.05, 0.1) is 6.54 Å². The smallest absolute Gasteiger partial charge is 0.320 e. The Morgan fingerprint density at radius 3 is 2.37 bits per heavy atom. The molecule has 0 aliphatic heterocycles. The van der Waals surface area contributed by atoms with Crippen molar-refractivity contribution < 1.29 is 18.7 Å². The van der Waals surface area contributed by atoms with Gasteiger partial charge >= 0.3 is 5.97 Å². The number of hydrogen-bond donors (Lipinski definition) is 2. The fraction of sp³-hybridized carbons (Fsp3) is 0.500. The van der Waals surface area contributed by atoms with E-state index in [2.05, 4.69) is 5.32 Å². The van der Waals surface area contributed by atoms with Crippen molar-refractivity contribution in [1.29, 1.82) is 0 Å². The van der Waals surface area contributed by atoms with Crippen LogP contribution in [0, 0.1) is 5.92 Å². The van der Waals surface area contributed by atoms with Crippen molar-refractivity contribution in [2.45, 2.75) is 32.2 Å². The molecule has 5 heteroatoms. The summed E-state index contributed by atoms with van der Waals surface area (Å²) in [5, 5.41) is 11.4. The van der Waals surface area contributed by atoms with Gasteiger partial charge in [-0.1, -0.05) is 44.2 Å². The van der Waals surface area contributed by atoms with Gasteiger partial charge < -0.3 is 5.11 Å². The second-order valence-electron chi connectivity index (χ2n) is 4.97. The summed E-state index contributed by atoms with van der Waals surface area (Å²) in [6, 6.07) is 6.44. The van der Waals surface area contributed by atoms with Gasteiger partial charge in [-0.2, -0.15) is 8.78 Å². The number of alkyl halides is 2. The van der Waals surface area contributed by atoms with Gasteiger partial charge in [0.25, 0.3) is 5.92 Å². The molecule has 1 unspecified atom stereocenters. The maximum absolute atomic E-state index is 13.9. The van der Waals surface area contributed by atoms with Crippen LogP contribution in [0.15, 0.2) is 30.3 Å². The summed E-state index contributed by atoms with van der Waals surface area (Å²) in [5.41, 5.74) is -0.115. The Hall–Kier alpha value is -1.49. The van der Waals surface area contributed by atoms with Crippen LogP contribution >= 0.6 is 0 Å². The maximum atomic E-state index is 13.9. The molecule has 0 heterocycles. The lowest BCUT2D eigenvalue weighted by atomic mass is 10.0. The standard InChI is InChI=1S/C14H19F2NO2/c1-10(2)8-12(13(18)19)17-9-14(15,16)11-6-4-3-5-7-11/h3-7,10,12,17H,8-9H2,1-2H3,(H,18,19). The molecular formula is C14H19F2NO2. The Kier molecular flexibility index (Phi) is 5.42. The average Bonchev–Trinajstić information content (AvgIpc) is 2.35. The van der Waals surface area contributed by atoms with Gasteiger partial charge in [-0.05, 0) is 12.3 Å². The van der Waals surface area contributed by atoms with E-state index in [0.29, 0.717) is 6.42 Å². The van der Waals surface area contributed by atoms with E-state index >= 15 is 0 Å². The summed E-state index contributed by atoms with van der Waals surface area (Å²) in [6.07, 6.45) is 0.320. The highest BCUT2D eigenvalue weighted by Crippen LogP contribution is 2.26. The van der Waals surface area contributed by atoms with Gasteiger partial charge in [0.2, 0.25) is 0 Å². The molecule has 0 saturated carbocycles. The minimum atomic E-state index is -3.08. The number of hydrogen-bond acceptors (Lipinski definition) is 2. The van der Waals surface area contributed by atoms with E-state index in [1.807, 2.05) is 13.8 Å². The van der Waals surface area contributed by atoms with Gasteiger partial charge in [0, 0.05) is 5.56 Å². The zero-order valence-corrected chi connectivity index (χ0v) is 11.1. The minimum Gasteiger partial charge on any atom is -0.480 e. The molecule has 2 N–H and O–H groups in total. The van der Waals surface area contributed by atoms with Crippen molar-refractivity contribution in [1.82, 2.24) is 5.32 Å². The van der Waals surface area contributed by atoms with Crippen molar-refractivity contribution in [2.75, 3.05) is 6.54 Å². The number of rotatable bonds is 7. The number of nitrogens with one attached hydrogen (secondary N) is 1. The van der Waals surface area contributed by atoms with Gasteiger partial charge in [0.15, 0.2) is 0 Å². The third-order valence-corrected chi connectivity index (χ3v) is 2.77. The van der Waals surface area contributed by atoms with Gasteiger partial charge in [0.1, 0.15) is 6.04 Å². The topological polar surface area (TPSA) is 49.3 Å². The fourth-order valence-corrected chi connectivity index (χ4v) is 1.78. The van der Waals surface area contributed by atoms with Crippen LogP contribution in [0.25, 0.3) is 0 Å². The predicted molar refractivity (Wildman–Crippen MR) is 69.2 cm³/mol. The minimum absolute atomic E-state index is 0.115. The van der Waals surface area contributed by atoms with Crippen molar-refractivity contribution in [3.8, 4) is 0 Å². The molecule has 0 aliphatic carbocycles. The second-order valence-corrected chi connectivity index (χ2v) is 4.97. The fourth-order valence-electron chi connectivity index (χ4n) is 1.78. The van der Waals surface area contributed by atoms with Gasteiger partial charge in [-0.25, -0.2) is 0 Å². The van der Waals surface area contributed by atoms with Crippen molar-refractivity contribution in [3.63, 3.8) is 0 Å². The predicted octanol–water partition coefficient (Wildman–Crippen LogP) is 2.87. The molecule has 19 heavy (non-hydrogen) atoms. The quantitative estimate of drug-likeness (QED) is 0.801. The monoisotopic (exact) mass is 271 g/mol. The van der Waals surface area contributed by atoms with Crippen LogP contribution in [0.5, 0.6) is 0 Å². The average molecular weight is 271 g/mol. The first-order valence-corrected chi connectivity index (χ1v) is 6.22. The lowest BCUT2D eigenvalue weighted by molar-refractivity contribution is -0.140. The van der Waals surface area contributed by atoms with Crippen molar-refractivity contribution in [2.24, 2.45) is 5.92 Å². The lowest BCUT2D eigenvalue weighted by Gasteiger charge is -2.21. The first kappa shape index (κ1) is 15.6. The number of carboxylic acid groups (broad SMARTS) is 1. The molecule has 0 spiro atoms. The summed E-state index contributed by atoms with van der Waals surface area (Å²) in [4.78, 5) is 11.0. The number of benzene rings is 1. The van der Waals surface area contributed by atoms with Crippen LogP contribution in [0.4, 0.5) is 8.78 Å². The highest BCUT2D eigenvalue weighted by atomic mass is 19.3. The van der Waals surface area contributed by atoms with E-state index in [0.717, 1.165) is 0 Å². The molecule has 0 bridgehead atoms. The zero-order chi connectivity index (χ0) is 14.5. The summed E-state index contributed by atoms with van der Waals surface area (Å²) in [6.45, 7) is 3.03. The van der Waals surface area contributed by atoms with E-state index in [1.165, 1.54) is 24.3 Å². The Balaban J connectivity index is 2.65. The summed E-state index contributed by atoms with van der Waals surface area (Å²) >= 11 is 0. The third-order valence-electron chi connectivity index (χ3n) is 2.77. The number of carbonyl (C=O) groups is 1. The van der Waals surface area contributed by atoms with E-state index in [1.54, 1.807) is 6.07 Å². The first-order valence-electron chi connectivity index (χ1n) is 6.22. The number of aliphatic carboxylic acids is 1. The summed E-state index contributed by atoms with van der Waals surface area (Å²) < 4.78 is 27.7. The molecule has 106 valence electrons. The largest absolute Gasteiger partial charge is 0.480 e. The molecule has 1 rings (SSSR count). The third kappa shape index (κ3) is 4.95. The SMILES string of the molecule is CC(C)CC(NCC(F)(F)c1ccccc1)C(=O)O. The molecule has 0 radical (unpaired) electrons. The molecule has 1 aromatic carbocycles. The molecule has 0 amide bonds. The molecule has 0 fully saturated rings. The summed E-state index contributed by atoms with van der Waals surface area (Å²) in [7, 11) is 0. The number of carboxylic acids is 1. The molecule has 3 nitrogen and oxygen atoms in total. The van der Waals surface area contributed by atoms with Crippen molar-refractivity contribution >= 4 is 5.97 Å². The Labute approximate surface area is 111 Å². The summed E-state index contributed by atoms with van der Waals surface area (Å²) in [5.74, 6) is -4.05. The van der Waals surface area contributed by atoms with Gasteiger partial charge in [-0.3, -0.25) is 10.1 Å². The molecule has 1 aromatic rings. The maximum Gasteiger partial charge on any atom is 0.320 e. The van der Waals surface area contributed by atoms with E-state index in [-0.39, 0.29) is 11.5 Å². The van der Waals surface area contributed by atoms with E-state index in [9.17, 15) is 13.6 Å². The molecule has 0 aromatic heterocycles. The highest BCUT2D eigenvalue weighted by molar-refractivity contribution is 5.73. The molecule has 1 atom stereocenters. The number of halogens is 2. The zero-order valence-electron chi connectivity index (χ0n) is 11.1. The molecule has 0 aliphatic rings. The van der Waals surface area contributed by atoms with Crippen LogP contribution < -0.4 is 5.32 Å². The normalized spacial score (nSPS) is 13.5. The van der Waals surface area contributed by atoms with Crippen LogP contribution in [0.2, 0.25) is 0 Å². The van der Waals surface area contributed by atoms with Crippen LogP contribution in [0.3, 0.4) is 0 Å². The van der Waals surface area contributed by atoms with E-state index < -0.39 is 24.5 Å².